The topological polar surface area (TPSA) is 40.5 Å². The number of rotatable bonds is 4. The highest BCUT2D eigenvalue weighted by Crippen LogP contribution is 2.12. The van der Waals surface area contributed by atoms with Gasteiger partial charge in [-0.2, -0.15) is 0 Å². The van der Waals surface area contributed by atoms with Crippen molar-refractivity contribution in [1.82, 2.24) is 0 Å². The summed E-state index contributed by atoms with van der Waals surface area (Å²) in [6, 6.07) is 0. The zero-order valence-corrected chi connectivity index (χ0v) is 7.49. The van der Waals surface area contributed by atoms with Crippen LogP contribution in [0.1, 0.15) is 20.8 Å². The average molecular weight is 158 g/mol. The van der Waals surface area contributed by atoms with Crippen LogP contribution in [-0.2, 0) is 0 Å². The van der Waals surface area contributed by atoms with E-state index < -0.39 is 0 Å². The third-order valence-electron chi connectivity index (χ3n) is 1.77. The lowest BCUT2D eigenvalue weighted by Crippen LogP contribution is -2.22. The van der Waals surface area contributed by atoms with Gasteiger partial charge in [0.05, 0.1) is 12.7 Å². The molecule has 0 aliphatic rings. The molecule has 0 saturated heterocycles. The van der Waals surface area contributed by atoms with Crippen LogP contribution in [0.15, 0.2) is 12.2 Å². The molecule has 0 spiro atoms. The third-order valence-corrected chi connectivity index (χ3v) is 1.77. The van der Waals surface area contributed by atoms with Crippen molar-refractivity contribution in [2.75, 3.05) is 6.61 Å². The Kier molecular flexibility index (Phi) is 5.16. The van der Waals surface area contributed by atoms with E-state index in [1.54, 1.807) is 6.08 Å². The molecule has 0 amide bonds. The molecule has 2 N–H and O–H groups in total. The van der Waals surface area contributed by atoms with Crippen molar-refractivity contribution in [3.63, 3.8) is 0 Å². The molecule has 0 bridgehead atoms. The van der Waals surface area contributed by atoms with Gasteiger partial charge in [0.1, 0.15) is 0 Å². The Hall–Kier alpha value is -0.340. The van der Waals surface area contributed by atoms with Crippen LogP contribution < -0.4 is 0 Å². The molecular weight excluding hydrogens is 140 g/mol. The van der Waals surface area contributed by atoms with Gasteiger partial charge >= 0.3 is 0 Å². The van der Waals surface area contributed by atoms with Gasteiger partial charge < -0.3 is 10.2 Å². The van der Waals surface area contributed by atoms with E-state index in [-0.39, 0.29) is 24.5 Å². The van der Waals surface area contributed by atoms with Crippen molar-refractivity contribution >= 4 is 0 Å². The Balaban J connectivity index is 3.81. The Bertz CT molecular complexity index is 119. The molecule has 0 fully saturated rings. The standard InChI is InChI=1S/C9H18O2/c1-7(2)9(11)8(3)5-4-6-10/h4-5,7-11H,6H2,1-3H3/b5-4-/t8-,9+/m0/s1. The second-order valence-electron chi connectivity index (χ2n) is 3.20. The van der Waals surface area contributed by atoms with Crippen LogP contribution in [0.4, 0.5) is 0 Å². The zero-order chi connectivity index (χ0) is 8.85. The molecule has 0 aromatic rings. The molecule has 2 heteroatoms. The van der Waals surface area contributed by atoms with Gasteiger partial charge in [0.2, 0.25) is 0 Å². The highest BCUT2D eigenvalue weighted by molar-refractivity contribution is 4.90. The van der Waals surface area contributed by atoms with Gasteiger partial charge in [-0.05, 0) is 5.92 Å². The van der Waals surface area contributed by atoms with Crippen molar-refractivity contribution in [1.29, 1.82) is 0 Å². The number of aliphatic hydroxyl groups excluding tert-OH is 2. The predicted octanol–water partition coefficient (Wildman–Crippen LogP) is 1.19. The summed E-state index contributed by atoms with van der Waals surface area (Å²) in [6.45, 7) is 5.95. The van der Waals surface area contributed by atoms with E-state index in [4.69, 9.17) is 5.11 Å². The van der Waals surface area contributed by atoms with Gasteiger partial charge in [0, 0.05) is 5.92 Å². The molecule has 0 aromatic carbocycles. The fourth-order valence-electron chi connectivity index (χ4n) is 0.996. The van der Waals surface area contributed by atoms with Crippen molar-refractivity contribution in [3.8, 4) is 0 Å². The summed E-state index contributed by atoms with van der Waals surface area (Å²) in [6.07, 6.45) is 3.19. The van der Waals surface area contributed by atoms with E-state index in [9.17, 15) is 5.11 Å². The molecule has 66 valence electrons. The van der Waals surface area contributed by atoms with Gasteiger partial charge in [-0.1, -0.05) is 32.9 Å². The van der Waals surface area contributed by atoms with E-state index in [1.807, 2.05) is 26.8 Å². The first-order chi connectivity index (χ1) is 5.09. The molecule has 0 aliphatic heterocycles. The second-order valence-corrected chi connectivity index (χ2v) is 3.20. The van der Waals surface area contributed by atoms with Crippen LogP contribution in [0.2, 0.25) is 0 Å². The van der Waals surface area contributed by atoms with Gasteiger partial charge in [0.25, 0.3) is 0 Å². The van der Waals surface area contributed by atoms with Gasteiger partial charge in [-0.25, -0.2) is 0 Å². The summed E-state index contributed by atoms with van der Waals surface area (Å²) < 4.78 is 0. The van der Waals surface area contributed by atoms with Crippen LogP contribution in [0.5, 0.6) is 0 Å². The average Bonchev–Trinajstić information content (AvgIpc) is 1.98. The fraction of sp³-hybridized carbons (Fsp3) is 0.778. The van der Waals surface area contributed by atoms with E-state index >= 15 is 0 Å². The zero-order valence-electron chi connectivity index (χ0n) is 7.49. The lowest BCUT2D eigenvalue weighted by molar-refractivity contribution is 0.0909. The number of hydrogen-bond acceptors (Lipinski definition) is 2. The van der Waals surface area contributed by atoms with Crippen LogP contribution in [0, 0.1) is 11.8 Å². The second kappa shape index (κ2) is 5.33. The minimum atomic E-state index is -0.308. The number of hydrogen-bond donors (Lipinski definition) is 2. The first-order valence-corrected chi connectivity index (χ1v) is 4.05. The van der Waals surface area contributed by atoms with Gasteiger partial charge in [-0.3, -0.25) is 0 Å². The van der Waals surface area contributed by atoms with E-state index in [2.05, 4.69) is 0 Å². The Labute approximate surface area is 68.6 Å². The molecule has 0 heterocycles. The van der Waals surface area contributed by atoms with Crippen LogP contribution in [-0.4, -0.2) is 22.9 Å². The van der Waals surface area contributed by atoms with Crippen LogP contribution in [0.25, 0.3) is 0 Å². The van der Waals surface area contributed by atoms with E-state index in [0.717, 1.165) is 0 Å². The Morgan fingerprint density at radius 2 is 1.82 bits per heavy atom. The summed E-state index contributed by atoms with van der Waals surface area (Å²) in [5, 5.41) is 18.0. The monoisotopic (exact) mass is 158 g/mol. The largest absolute Gasteiger partial charge is 0.392 e. The SMILES string of the molecule is CC(C)[C@@H](O)[C@@H](C)/C=C\CO. The van der Waals surface area contributed by atoms with Crippen molar-refractivity contribution in [2.45, 2.75) is 26.9 Å². The quantitative estimate of drug-likeness (QED) is 0.603. The first kappa shape index (κ1) is 10.7. The predicted molar refractivity (Wildman–Crippen MR) is 46.2 cm³/mol. The molecule has 0 aromatic heterocycles. The Morgan fingerprint density at radius 1 is 1.27 bits per heavy atom. The molecule has 0 saturated carbocycles. The molecule has 11 heavy (non-hydrogen) atoms. The summed E-state index contributed by atoms with van der Waals surface area (Å²) in [7, 11) is 0. The van der Waals surface area contributed by atoms with Crippen LogP contribution in [0.3, 0.4) is 0 Å². The van der Waals surface area contributed by atoms with Gasteiger partial charge in [-0.15, -0.1) is 0 Å². The highest BCUT2D eigenvalue weighted by atomic mass is 16.3. The van der Waals surface area contributed by atoms with Crippen molar-refractivity contribution in [2.24, 2.45) is 11.8 Å². The molecule has 0 aliphatic carbocycles. The maximum Gasteiger partial charge on any atom is 0.0623 e. The molecule has 0 rings (SSSR count). The molecular formula is C9H18O2. The minimum absolute atomic E-state index is 0.0507. The summed E-state index contributed by atoms with van der Waals surface area (Å²) in [5.41, 5.74) is 0. The lowest BCUT2D eigenvalue weighted by Gasteiger charge is -2.18. The molecule has 2 atom stereocenters. The summed E-state index contributed by atoms with van der Waals surface area (Å²) >= 11 is 0. The summed E-state index contributed by atoms with van der Waals surface area (Å²) in [4.78, 5) is 0. The fourth-order valence-corrected chi connectivity index (χ4v) is 0.996. The molecule has 0 unspecified atom stereocenters. The number of aliphatic hydroxyl groups is 2. The van der Waals surface area contributed by atoms with Crippen molar-refractivity contribution < 1.29 is 10.2 Å². The smallest absolute Gasteiger partial charge is 0.0623 e. The normalized spacial score (nSPS) is 17.6. The molecule has 0 radical (unpaired) electrons. The minimum Gasteiger partial charge on any atom is -0.392 e. The van der Waals surface area contributed by atoms with Gasteiger partial charge in [0.15, 0.2) is 0 Å². The summed E-state index contributed by atoms with van der Waals surface area (Å²) in [5.74, 6) is 0.399. The third kappa shape index (κ3) is 4.17. The Morgan fingerprint density at radius 3 is 2.18 bits per heavy atom. The van der Waals surface area contributed by atoms with Crippen LogP contribution >= 0.6 is 0 Å². The van der Waals surface area contributed by atoms with Crippen molar-refractivity contribution in [3.05, 3.63) is 12.2 Å². The molecule has 2 nitrogen and oxygen atoms in total. The lowest BCUT2D eigenvalue weighted by atomic mass is 9.95. The maximum atomic E-state index is 9.49. The van der Waals surface area contributed by atoms with E-state index in [0.29, 0.717) is 0 Å². The maximum absolute atomic E-state index is 9.49. The first-order valence-electron chi connectivity index (χ1n) is 4.05. The highest BCUT2D eigenvalue weighted by Gasteiger charge is 2.14. The van der Waals surface area contributed by atoms with E-state index in [1.165, 1.54) is 0 Å².